The van der Waals surface area contributed by atoms with Crippen LogP contribution in [-0.4, -0.2) is 35.5 Å². The number of carbonyl (C=O) groups excluding carboxylic acids is 1. The zero-order chi connectivity index (χ0) is 18.4. The first kappa shape index (κ1) is 18.0. The summed E-state index contributed by atoms with van der Waals surface area (Å²) >= 11 is 0. The first-order valence-electron chi connectivity index (χ1n) is 9.11. The Bertz CT molecular complexity index is 810. The highest BCUT2D eigenvalue weighted by atomic mass is 16.1. The quantitative estimate of drug-likeness (QED) is 0.653. The standard InChI is InChI=1S/C21H26N4O/c1-16(25(2)17-9-4-3-5-10-17)15-22-21(26)14-8-13-20-23-18-11-6-7-12-19(18)24-20/h3-7,9-12,16H,8,13-15H2,1-2H3,(H,22,26)(H,23,24)/t16-/m1/s1. The number of para-hydroxylation sites is 3. The van der Waals surface area contributed by atoms with Gasteiger partial charge in [0.05, 0.1) is 11.0 Å². The van der Waals surface area contributed by atoms with Gasteiger partial charge in [0.1, 0.15) is 5.82 Å². The van der Waals surface area contributed by atoms with Crippen molar-refractivity contribution in [2.24, 2.45) is 0 Å². The van der Waals surface area contributed by atoms with Crippen LogP contribution in [0, 0.1) is 0 Å². The molecule has 26 heavy (non-hydrogen) atoms. The van der Waals surface area contributed by atoms with E-state index in [1.807, 2.05) is 49.5 Å². The topological polar surface area (TPSA) is 61.0 Å². The summed E-state index contributed by atoms with van der Waals surface area (Å²) in [5.41, 5.74) is 3.17. The van der Waals surface area contributed by atoms with Crippen LogP contribution in [0.1, 0.15) is 25.6 Å². The number of carbonyl (C=O) groups is 1. The SMILES string of the molecule is C[C@H](CNC(=O)CCCc1nc2ccccc2[nH]1)N(C)c1ccccc1. The Hall–Kier alpha value is -2.82. The third-order valence-corrected chi connectivity index (χ3v) is 4.68. The molecule has 2 N–H and O–H groups in total. The molecule has 3 rings (SSSR count). The number of aryl methyl sites for hydroxylation is 1. The summed E-state index contributed by atoms with van der Waals surface area (Å²) in [6.07, 6.45) is 2.08. The number of benzene rings is 2. The Labute approximate surface area is 154 Å². The number of hydrogen-bond acceptors (Lipinski definition) is 3. The third-order valence-electron chi connectivity index (χ3n) is 4.68. The Morgan fingerprint density at radius 1 is 1.15 bits per heavy atom. The number of H-pyrrole nitrogens is 1. The van der Waals surface area contributed by atoms with Crippen molar-refractivity contribution in [1.82, 2.24) is 15.3 Å². The van der Waals surface area contributed by atoms with Gasteiger partial charge in [0, 0.05) is 38.2 Å². The van der Waals surface area contributed by atoms with Crippen LogP contribution in [0.15, 0.2) is 54.6 Å². The highest BCUT2D eigenvalue weighted by Crippen LogP contribution is 2.14. The molecule has 5 nitrogen and oxygen atoms in total. The lowest BCUT2D eigenvalue weighted by Crippen LogP contribution is -2.40. The highest BCUT2D eigenvalue weighted by molar-refractivity contribution is 5.76. The second-order valence-corrected chi connectivity index (χ2v) is 6.65. The molecule has 0 fully saturated rings. The fourth-order valence-corrected chi connectivity index (χ4v) is 2.94. The van der Waals surface area contributed by atoms with Crippen molar-refractivity contribution in [3.8, 4) is 0 Å². The van der Waals surface area contributed by atoms with E-state index in [2.05, 4.69) is 39.2 Å². The second-order valence-electron chi connectivity index (χ2n) is 6.65. The second kappa shape index (κ2) is 8.52. The number of hydrogen-bond donors (Lipinski definition) is 2. The number of aromatic amines is 1. The number of fused-ring (bicyclic) bond motifs is 1. The molecule has 5 heteroatoms. The number of aromatic nitrogens is 2. The van der Waals surface area contributed by atoms with E-state index in [9.17, 15) is 4.79 Å². The van der Waals surface area contributed by atoms with Crippen LogP contribution in [0.25, 0.3) is 11.0 Å². The molecule has 1 heterocycles. The van der Waals surface area contributed by atoms with E-state index in [1.54, 1.807) is 0 Å². The molecule has 1 aromatic heterocycles. The van der Waals surface area contributed by atoms with Crippen LogP contribution in [0.2, 0.25) is 0 Å². The number of rotatable bonds is 8. The molecule has 0 saturated heterocycles. The predicted molar refractivity (Wildman–Crippen MR) is 106 cm³/mol. The van der Waals surface area contributed by atoms with Crippen molar-refractivity contribution in [3.05, 3.63) is 60.4 Å². The minimum atomic E-state index is 0.0921. The van der Waals surface area contributed by atoms with Gasteiger partial charge in [-0.15, -0.1) is 0 Å². The molecule has 1 amide bonds. The number of imidazole rings is 1. The van der Waals surface area contributed by atoms with Crippen LogP contribution in [-0.2, 0) is 11.2 Å². The van der Waals surface area contributed by atoms with Crippen LogP contribution in [0.3, 0.4) is 0 Å². The molecule has 3 aromatic rings. The lowest BCUT2D eigenvalue weighted by atomic mass is 10.2. The normalized spacial score (nSPS) is 12.1. The molecule has 1 atom stereocenters. The summed E-state index contributed by atoms with van der Waals surface area (Å²) in [6, 6.07) is 18.4. The summed E-state index contributed by atoms with van der Waals surface area (Å²) in [7, 11) is 2.05. The fourth-order valence-electron chi connectivity index (χ4n) is 2.94. The van der Waals surface area contributed by atoms with E-state index >= 15 is 0 Å². The van der Waals surface area contributed by atoms with Crippen molar-refractivity contribution in [3.63, 3.8) is 0 Å². The summed E-state index contributed by atoms with van der Waals surface area (Å²) < 4.78 is 0. The maximum absolute atomic E-state index is 12.1. The van der Waals surface area contributed by atoms with E-state index < -0.39 is 0 Å². The van der Waals surface area contributed by atoms with Crippen molar-refractivity contribution in [2.75, 3.05) is 18.5 Å². The Balaban J connectivity index is 1.40. The molecule has 0 aliphatic heterocycles. The van der Waals surface area contributed by atoms with Gasteiger partial charge in [0.25, 0.3) is 0 Å². The number of amides is 1. The Morgan fingerprint density at radius 2 is 1.88 bits per heavy atom. The van der Waals surface area contributed by atoms with Crippen LogP contribution < -0.4 is 10.2 Å². The van der Waals surface area contributed by atoms with Gasteiger partial charge in [-0.1, -0.05) is 30.3 Å². The lowest BCUT2D eigenvalue weighted by molar-refractivity contribution is -0.121. The number of likely N-dealkylation sites (N-methyl/N-ethyl adjacent to an activating group) is 1. The monoisotopic (exact) mass is 350 g/mol. The van der Waals surface area contributed by atoms with Crippen molar-refractivity contribution in [1.29, 1.82) is 0 Å². The van der Waals surface area contributed by atoms with Gasteiger partial charge in [0.15, 0.2) is 0 Å². The lowest BCUT2D eigenvalue weighted by Gasteiger charge is -2.27. The number of anilines is 1. The Kier molecular flexibility index (Phi) is 5.89. The van der Waals surface area contributed by atoms with Crippen molar-refractivity contribution >= 4 is 22.6 Å². The molecule has 0 unspecified atom stereocenters. The van der Waals surface area contributed by atoms with Gasteiger partial charge in [-0.3, -0.25) is 4.79 Å². The number of nitrogens with zero attached hydrogens (tertiary/aromatic N) is 2. The van der Waals surface area contributed by atoms with Gasteiger partial charge in [-0.25, -0.2) is 4.98 Å². The third kappa shape index (κ3) is 4.63. The van der Waals surface area contributed by atoms with Gasteiger partial charge in [0.2, 0.25) is 5.91 Å². The van der Waals surface area contributed by atoms with Crippen LogP contribution in [0.4, 0.5) is 5.69 Å². The van der Waals surface area contributed by atoms with Crippen LogP contribution in [0.5, 0.6) is 0 Å². The molecule has 0 saturated carbocycles. The molecular weight excluding hydrogens is 324 g/mol. The first-order chi connectivity index (χ1) is 12.6. The largest absolute Gasteiger partial charge is 0.370 e. The van der Waals surface area contributed by atoms with Crippen molar-refractivity contribution in [2.45, 2.75) is 32.2 Å². The van der Waals surface area contributed by atoms with Gasteiger partial charge in [-0.05, 0) is 37.6 Å². The zero-order valence-electron chi connectivity index (χ0n) is 15.4. The summed E-state index contributed by atoms with van der Waals surface area (Å²) in [5, 5.41) is 3.03. The van der Waals surface area contributed by atoms with Gasteiger partial charge in [-0.2, -0.15) is 0 Å². The van der Waals surface area contributed by atoms with Crippen molar-refractivity contribution < 1.29 is 4.79 Å². The maximum atomic E-state index is 12.1. The zero-order valence-corrected chi connectivity index (χ0v) is 15.4. The molecular formula is C21H26N4O. The molecule has 0 bridgehead atoms. The summed E-state index contributed by atoms with van der Waals surface area (Å²) in [6.45, 7) is 2.75. The van der Waals surface area contributed by atoms with E-state index in [0.717, 1.165) is 35.4 Å². The molecule has 0 spiro atoms. The molecule has 2 aromatic carbocycles. The molecule has 0 aliphatic carbocycles. The fraction of sp³-hybridized carbons (Fsp3) is 0.333. The maximum Gasteiger partial charge on any atom is 0.220 e. The van der Waals surface area contributed by atoms with Gasteiger partial charge >= 0.3 is 0 Å². The molecule has 136 valence electrons. The molecule has 0 aliphatic rings. The smallest absolute Gasteiger partial charge is 0.220 e. The minimum Gasteiger partial charge on any atom is -0.370 e. The first-order valence-corrected chi connectivity index (χ1v) is 9.11. The van der Waals surface area contributed by atoms with Gasteiger partial charge < -0.3 is 15.2 Å². The van der Waals surface area contributed by atoms with E-state index in [0.29, 0.717) is 13.0 Å². The Morgan fingerprint density at radius 3 is 2.65 bits per heavy atom. The average Bonchev–Trinajstić information content (AvgIpc) is 3.09. The van der Waals surface area contributed by atoms with Crippen LogP contribution >= 0.6 is 0 Å². The minimum absolute atomic E-state index is 0.0921. The molecule has 0 radical (unpaired) electrons. The number of nitrogens with one attached hydrogen (secondary N) is 2. The summed E-state index contributed by atoms with van der Waals surface area (Å²) in [5.74, 6) is 1.03. The van der Waals surface area contributed by atoms with E-state index in [-0.39, 0.29) is 11.9 Å². The highest BCUT2D eigenvalue weighted by Gasteiger charge is 2.11. The average molecular weight is 350 g/mol. The summed E-state index contributed by atoms with van der Waals surface area (Å²) in [4.78, 5) is 22.1. The van der Waals surface area contributed by atoms with E-state index in [1.165, 1.54) is 0 Å². The predicted octanol–water partition coefficient (Wildman–Crippen LogP) is 3.53. The van der Waals surface area contributed by atoms with E-state index in [4.69, 9.17) is 0 Å².